The summed E-state index contributed by atoms with van der Waals surface area (Å²) in [6.45, 7) is 5.63. The molecule has 0 saturated heterocycles. The molecule has 106 valence electrons. The Bertz CT molecular complexity index is 433. The minimum absolute atomic E-state index is 0.133. The first-order valence-electron chi connectivity index (χ1n) is 6.42. The second kappa shape index (κ2) is 7.76. The fraction of sp³-hybridized carbons (Fsp3) is 0.500. The van der Waals surface area contributed by atoms with Crippen LogP contribution in [0.25, 0.3) is 0 Å². The van der Waals surface area contributed by atoms with Crippen LogP contribution in [0.4, 0.5) is 0 Å². The van der Waals surface area contributed by atoms with Crippen molar-refractivity contribution in [1.82, 2.24) is 5.32 Å². The van der Waals surface area contributed by atoms with Gasteiger partial charge in [-0.25, -0.2) is 0 Å². The highest BCUT2D eigenvalue weighted by atomic mass is 16.5. The molecule has 1 unspecified atom stereocenters. The Labute approximate surface area is 114 Å². The topological polar surface area (TPSA) is 79.9 Å². The predicted molar refractivity (Wildman–Crippen MR) is 76.5 cm³/mol. The third-order valence-corrected chi connectivity index (χ3v) is 3.19. The first-order chi connectivity index (χ1) is 9.12. The normalized spacial score (nSPS) is 13.5. The van der Waals surface area contributed by atoms with Crippen LogP contribution in [0, 0.1) is 6.92 Å². The molecule has 0 aliphatic rings. The van der Waals surface area contributed by atoms with Crippen LogP contribution in [0.2, 0.25) is 0 Å². The standard InChI is InChI=1S/C14H23N3O2/c1-4-13(9-19-3)16-8-12-6-5-11(7-10(12)2)14(15)17-18/h5-7,13,16,18H,4,8-9H2,1-3H3,(H2,15,17). The molecule has 0 heterocycles. The van der Waals surface area contributed by atoms with Gasteiger partial charge in [0.05, 0.1) is 6.61 Å². The zero-order chi connectivity index (χ0) is 14.3. The maximum atomic E-state index is 8.65. The van der Waals surface area contributed by atoms with E-state index in [9.17, 15) is 0 Å². The number of benzene rings is 1. The smallest absolute Gasteiger partial charge is 0.170 e. The summed E-state index contributed by atoms with van der Waals surface area (Å²) in [5.74, 6) is 0.133. The third-order valence-electron chi connectivity index (χ3n) is 3.19. The summed E-state index contributed by atoms with van der Waals surface area (Å²) in [7, 11) is 1.71. The Hall–Kier alpha value is -1.59. The Morgan fingerprint density at radius 2 is 2.26 bits per heavy atom. The molecule has 0 saturated carbocycles. The van der Waals surface area contributed by atoms with Crippen LogP contribution in [0.1, 0.15) is 30.0 Å². The van der Waals surface area contributed by atoms with E-state index in [-0.39, 0.29) is 5.84 Å². The fourth-order valence-electron chi connectivity index (χ4n) is 1.89. The lowest BCUT2D eigenvalue weighted by atomic mass is 10.0. The first-order valence-corrected chi connectivity index (χ1v) is 6.42. The summed E-state index contributed by atoms with van der Waals surface area (Å²) in [5, 5.41) is 15.1. The Morgan fingerprint density at radius 1 is 1.53 bits per heavy atom. The van der Waals surface area contributed by atoms with Gasteiger partial charge in [0.2, 0.25) is 0 Å². The molecule has 0 aliphatic carbocycles. The van der Waals surface area contributed by atoms with Gasteiger partial charge >= 0.3 is 0 Å². The number of oxime groups is 1. The van der Waals surface area contributed by atoms with Gasteiger partial charge in [0.1, 0.15) is 0 Å². The second-order valence-electron chi connectivity index (χ2n) is 4.57. The molecule has 5 heteroatoms. The van der Waals surface area contributed by atoms with Crippen molar-refractivity contribution in [2.75, 3.05) is 13.7 Å². The molecule has 1 aromatic carbocycles. The van der Waals surface area contributed by atoms with E-state index in [0.29, 0.717) is 12.6 Å². The number of amidine groups is 1. The van der Waals surface area contributed by atoms with Gasteiger partial charge in [-0.3, -0.25) is 0 Å². The minimum atomic E-state index is 0.133. The van der Waals surface area contributed by atoms with E-state index in [1.807, 2.05) is 25.1 Å². The molecule has 19 heavy (non-hydrogen) atoms. The van der Waals surface area contributed by atoms with Crippen molar-refractivity contribution in [3.05, 3.63) is 34.9 Å². The average Bonchev–Trinajstić information content (AvgIpc) is 2.43. The summed E-state index contributed by atoms with van der Waals surface area (Å²) in [4.78, 5) is 0. The van der Waals surface area contributed by atoms with E-state index in [1.165, 1.54) is 5.56 Å². The van der Waals surface area contributed by atoms with Crippen LogP contribution in [0.3, 0.4) is 0 Å². The van der Waals surface area contributed by atoms with Gasteiger partial charge in [0.25, 0.3) is 0 Å². The molecular formula is C14H23N3O2. The largest absolute Gasteiger partial charge is 0.409 e. The Morgan fingerprint density at radius 3 is 2.79 bits per heavy atom. The van der Waals surface area contributed by atoms with E-state index in [2.05, 4.69) is 17.4 Å². The fourth-order valence-corrected chi connectivity index (χ4v) is 1.89. The number of aryl methyl sites for hydroxylation is 1. The summed E-state index contributed by atoms with van der Waals surface area (Å²) in [5.41, 5.74) is 8.61. The van der Waals surface area contributed by atoms with Gasteiger partial charge in [0.15, 0.2) is 5.84 Å². The molecule has 5 nitrogen and oxygen atoms in total. The summed E-state index contributed by atoms with van der Waals surface area (Å²) >= 11 is 0. The van der Waals surface area contributed by atoms with Crippen LogP contribution in [-0.2, 0) is 11.3 Å². The molecule has 0 amide bonds. The molecular weight excluding hydrogens is 242 g/mol. The predicted octanol–water partition coefficient (Wildman–Crippen LogP) is 1.60. The van der Waals surface area contributed by atoms with E-state index < -0.39 is 0 Å². The highest BCUT2D eigenvalue weighted by Crippen LogP contribution is 2.11. The van der Waals surface area contributed by atoms with Crippen LogP contribution in [-0.4, -0.2) is 30.8 Å². The maximum Gasteiger partial charge on any atom is 0.170 e. The summed E-state index contributed by atoms with van der Waals surface area (Å²) in [6, 6.07) is 6.13. The van der Waals surface area contributed by atoms with Crippen molar-refractivity contribution in [3.63, 3.8) is 0 Å². The average molecular weight is 265 g/mol. The Kier molecular flexibility index (Phi) is 6.32. The highest BCUT2D eigenvalue weighted by molar-refractivity contribution is 5.97. The van der Waals surface area contributed by atoms with E-state index in [1.54, 1.807) is 7.11 Å². The zero-order valence-corrected chi connectivity index (χ0v) is 11.8. The zero-order valence-electron chi connectivity index (χ0n) is 11.8. The van der Waals surface area contributed by atoms with Crippen molar-refractivity contribution in [3.8, 4) is 0 Å². The molecule has 1 atom stereocenters. The van der Waals surface area contributed by atoms with Crippen LogP contribution < -0.4 is 11.1 Å². The van der Waals surface area contributed by atoms with Crippen LogP contribution >= 0.6 is 0 Å². The summed E-state index contributed by atoms with van der Waals surface area (Å²) in [6.07, 6.45) is 1.02. The number of ether oxygens (including phenoxy) is 1. The van der Waals surface area contributed by atoms with Gasteiger partial charge in [-0.15, -0.1) is 0 Å². The quantitative estimate of drug-likeness (QED) is 0.303. The lowest BCUT2D eigenvalue weighted by Crippen LogP contribution is -2.32. The van der Waals surface area contributed by atoms with Crippen LogP contribution in [0.15, 0.2) is 23.4 Å². The van der Waals surface area contributed by atoms with Gasteiger partial charge < -0.3 is 21.0 Å². The number of hydrogen-bond donors (Lipinski definition) is 3. The van der Waals surface area contributed by atoms with Crippen molar-refractivity contribution >= 4 is 5.84 Å². The third kappa shape index (κ3) is 4.54. The van der Waals surface area contributed by atoms with Crippen molar-refractivity contribution in [2.24, 2.45) is 10.9 Å². The van der Waals surface area contributed by atoms with E-state index in [4.69, 9.17) is 15.7 Å². The molecule has 1 rings (SSSR count). The molecule has 0 radical (unpaired) electrons. The molecule has 0 bridgehead atoms. The van der Waals surface area contributed by atoms with Gasteiger partial charge in [-0.2, -0.15) is 0 Å². The van der Waals surface area contributed by atoms with Crippen molar-refractivity contribution in [2.45, 2.75) is 32.9 Å². The Balaban J connectivity index is 2.70. The number of nitrogens with two attached hydrogens (primary N) is 1. The molecule has 0 fully saturated rings. The van der Waals surface area contributed by atoms with Gasteiger partial charge in [0, 0.05) is 25.3 Å². The summed E-state index contributed by atoms with van der Waals surface area (Å²) < 4.78 is 5.16. The number of nitrogens with one attached hydrogen (secondary N) is 1. The number of hydrogen-bond acceptors (Lipinski definition) is 4. The van der Waals surface area contributed by atoms with Crippen LogP contribution in [0.5, 0.6) is 0 Å². The van der Waals surface area contributed by atoms with Crippen molar-refractivity contribution < 1.29 is 9.94 Å². The first kappa shape index (κ1) is 15.5. The van der Waals surface area contributed by atoms with Gasteiger partial charge in [-0.05, 0) is 30.5 Å². The highest BCUT2D eigenvalue weighted by Gasteiger charge is 2.07. The lowest BCUT2D eigenvalue weighted by Gasteiger charge is -2.17. The molecule has 0 aromatic heterocycles. The molecule has 0 spiro atoms. The minimum Gasteiger partial charge on any atom is -0.409 e. The SMILES string of the molecule is CCC(COC)NCc1ccc(/C(N)=N/O)cc1C. The second-order valence-corrected chi connectivity index (χ2v) is 4.57. The number of rotatable bonds is 7. The molecule has 4 N–H and O–H groups in total. The maximum absolute atomic E-state index is 8.65. The van der Waals surface area contributed by atoms with Gasteiger partial charge in [-0.1, -0.05) is 24.2 Å². The monoisotopic (exact) mass is 265 g/mol. The van der Waals surface area contributed by atoms with E-state index >= 15 is 0 Å². The van der Waals surface area contributed by atoms with E-state index in [0.717, 1.165) is 24.1 Å². The number of methoxy groups -OCH3 is 1. The molecule has 1 aromatic rings. The number of nitrogens with zero attached hydrogens (tertiary/aromatic N) is 1. The molecule has 0 aliphatic heterocycles. The lowest BCUT2D eigenvalue weighted by molar-refractivity contribution is 0.164. The van der Waals surface area contributed by atoms with Crippen molar-refractivity contribution in [1.29, 1.82) is 0 Å².